The first-order chi connectivity index (χ1) is 8.83. The number of hydrogen-bond donors (Lipinski definition) is 1. The van der Waals surface area contributed by atoms with E-state index >= 15 is 0 Å². The van der Waals surface area contributed by atoms with Crippen molar-refractivity contribution in [3.8, 4) is 5.75 Å². The molecule has 2 nitrogen and oxygen atoms in total. The van der Waals surface area contributed by atoms with Crippen molar-refractivity contribution in [2.45, 2.75) is 38.5 Å². The van der Waals surface area contributed by atoms with Crippen molar-refractivity contribution in [2.24, 2.45) is 5.41 Å². The van der Waals surface area contributed by atoms with Crippen molar-refractivity contribution >= 4 is 0 Å². The molecule has 1 aromatic rings. The smallest absolute Gasteiger partial charge is 0.122 e. The number of hydrogen-bond acceptors (Lipinski definition) is 2. The van der Waals surface area contributed by atoms with Crippen LogP contribution in [0.2, 0.25) is 0 Å². The van der Waals surface area contributed by atoms with Crippen LogP contribution in [0.15, 0.2) is 24.3 Å². The van der Waals surface area contributed by atoms with E-state index in [-0.39, 0.29) is 0 Å². The Labute approximate surface area is 110 Å². The zero-order valence-corrected chi connectivity index (χ0v) is 11.2. The second kappa shape index (κ2) is 4.93. The summed E-state index contributed by atoms with van der Waals surface area (Å²) in [5, 5.41) is 3.68. The van der Waals surface area contributed by atoms with Gasteiger partial charge in [0, 0.05) is 24.6 Å². The fourth-order valence-corrected chi connectivity index (χ4v) is 3.24. The van der Waals surface area contributed by atoms with Crippen molar-refractivity contribution in [1.82, 2.24) is 5.32 Å². The Kier molecular flexibility index (Phi) is 3.29. The molecule has 0 amide bonds. The van der Waals surface area contributed by atoms with Crippen LogP contribution >= 0.6 is 0 Å². The molecule has 1 saturated carbocycles. The first-order valence-electron chi connectivity index (χ1n) is 7.25. The summed E-state index contributed by atoms with van der Waals surface area (Å²) in [7, 11) is 0. The monoisotopic (exact) mass is 245 g/mol. The minimum absolute atomic E-state index is 0.537. The van der Waals surface area contributed by atoms with Gasteiger partial charge in [-0.15, -0.1) is 0 Å². The second-order valence-corrected chi connectivity index (χ2v) is 5.88. The van der Waals surface area contributed by atoms with Gasteiger partial charge < -0.3 is 10.1 Å². The van der Waals surface area contributed by atoms with E-state index in [1.54, 1.807) is 0 Å². The molecular formula is C16H23NO. The maximum Gasteiger partial charge on any atom is 0.122 e. The standard InChI is InChI=1S/C16H23NO/c1-2-16(8-5-9-16)12-17-10-13-11-18-15-7-4-3-6-14(13)15/h3-4,6-7,13,17H,2,5,8-12H2,1H3. The van der Waals surface area contributed by atoms with Gasteiger partial charge in [0.05, 0.1) is 6.61 Å². The summed E-state index contributed by atoms with van der Waals surface area (Å²) >= 11 is 0. The van der Waals surface area contributed by atoms with E-state index in [4.69, 9.17) is 4.74 Å². The Balaban J connectivity index is 1.53. The summed E-state index contributed by atoms with van der Waals surface area (Å²) in [6.07, 6.45) is 5.56. The largest absolute Gasteiger partial charge is 0.493 e. The molecule has 0 radical (unpaired) electrons. The predicted molar refractivity (Wildman–Crippen MR) is 74.1 cm³/mol. The maximum atomic E-state index is 5.72. The van der Waals surface area contributed by atoms with E-state index < -0.39 is 0 Å². The number of benzene rings is 1. The molecule has 1 aliphatic carbocycles. The molecule has 1 aliphatic heterocycles. The van der Waals surface area contributed by atoms with Gasteiger partial charge in [-0.1, -0.05) is 31.5 Å². The van der Waals surface area contributed by atoms with Crippen LogP contribution in [0.25, 0.3) is 0 Å². The SMILES string of the molecule is CCC1(CNCC2COc3ccccc32)CCC1. The topological polar surface area (TPSA) is 21.3 Å². The van der Waals surface area contributed by atoms with Crippen LogP contribution in [0.1, 0.15) is 44.1 Å². The predicted octanol–water partition coefficient (Wildman–Crippen LogP) is 3.33. The number of fused-ring (bicyclic) bond motifs is 1. The Morgan fingerprint density at radius 1 is 1.33 bits per heavy atom. The molecule has 18 heavy (non-hydrogen) atoms. The van der Waals surface area contributed by atoms with E-state index in [0.29, 0.717) is 11.3 Å². The molecule has 1 heterocycles. The lowest BCUT2D eigenvalue weighted by Gasteiger charge is -2.41. The van der Waals surface area contributed by atoms with Crippen molar-refractivity contribution in [3.05, 3.63) is 29.8 Å². The minimum Gasteiger partial charge on any atom is -0.493 e. The van der Waals surface area contributed by atoms with Crippen LogP contribution in [-0.2, 0) is 0 Å². The van der Waals surface area contributed by atoms with Gasteiger partial charge in [-0.25, -0.2) is 0 Å². The minimum atomic E-state index is 0.537. The van der Waals surface area contributed by atoms with Gasteiger partial charge in [0.1, 0.15) is 5.75 Å². The van der Waals surface area contributed by atoms with E-state index in [1.807, 2.05) is 0 Å². The molecule has 98 valence electrons. The second-order valence-electron chi connectivity index (χ2n) is 5.88. The number of para-hydroxylation sites is 1. The summed E-state index contributed by atoms with van der Waals surface area (Å²) in [6, 6.07) is 8.44. The Bertz CT molecular complexity index is 406. The lowest BCUT2D eigenvalue weighted by Crippen LogP contribution is -2.40. The molecule has 2 heteroatoms. The van der Waals surface area contributed by atoms with Crippen molar-refractivity contribution in [2.75, 3.05) is 19.7 Å². The molecule has 2 aliphatic rings. The zero-order chi connectivity index (χ0) is 12.4. The number of ether oxygens (including phenoxy) is 1. The van der Waals surface area contributed by atoms with Crippen molar-refractivity contribution in [3.63, 3.8) is 0 Å². The fraction of sp³-hybridized carbons (Fsp3) is 0.625. The highest BCUT2D eigenvalue weighted by atomic mass is 16.5. The highest BCUT2D eigenvalue weighted by Gasteiger charge is 2.34. The molecule has 0 aromatic heterocycles. The Morgan fingerprint density at radius 3 is 2.89 bits per heavy atom. The summed E-state index contributed by atoms with van der Waals surface area (Å²) in [6.45, 7) is 5.40. The third-order valence-electron chi connectivity index (χ3n) is 4.85. The van der Waals surface area contributed by atoms with Gasteiger partial charge in [0.2, 0.25) is 0 Å². The average Bonchev–Trinajstić information content (AvgIpc) is 2.76. The van der Waals surface area contributed by atoms with E-state index in [1.165, 1.54) is 37.8 Å². The van der Waals surface area contributed by atoms with Crippen LogP contribution in [0, 0.1) is 5.41 Å². The Hall–Kier alpha value is -1.02. The summed E-state index contributed by atoms with van der Waals surface area (Å²) in [4.78, 5) is 0. The van der Waals surface area contributed by atoms with Gasteiger partial charge in [-0.2, -0.15) is 0 Å². The molecule has 1 aromatic carbocycles. The van der Waals surface area contributed by atoms with Crippen molar-refractivity contribution in [1.29, 1.82) is 0 Å². The fourth-order valence-electron chi connectivity index (χ4n) is 3.24. The van der Waals surface area contributed by atoms with Crippen LogP contribution < -0.4 is 10.1 Å². The highest BCUT2D eigenvalue weighted by Crippen LogP contribution is 2.43. The zero-order valence-electron chi connectivity index (χ0n) is 11.2. The average molecular weight is 245 g/mol. The maximum absolute atomic E-state index is 5.72. The third-order valence-corrected chi connectivity index (χ3v) is 4.85. The van der Waals surface area contributed by atoms with Gasteiger partial charge >= 0.3 is 0 Å². The lowest BCUT2D eigenvalue weighted by atomic mass is 9.67. The first kappa shape index (κ1) is 12.0. The molecule has 1 unspecified atom stereocenters. The molecular weight excluding hydrogens is 222 g/mol. The van der Waals surface area contributed by atoms with E-state index in [2.05, 4.69) is 36.5 Å². The van der Waals surface area contributed by atoms with E-state index in [0.717, 1.165) is 18.9 Å². The van der Waals surface area contributed by atoms with E-state index in [9.17, 15) is 0 Å². The van der Waals surface area contributed by atoms with Gasteiger partial charge in [-0.05, 0) is 30.7 Å². The van der Waals surface area contributed by atoms with Gasteiger partial charge in [0.25, 0.3) is 0 Å². The van der Waals surface area contributed by atoms with Crippen LogP contribution in [0.4, 0.5) is 0 Å². The van der Waals surface area contributed by atoms with Crippen LogP contribution in [-0.4, -0.2) is 19.7 Å². The summed E-state index contributed by atoms with van der Waals surface area (Å²) in [5.41, 5.74) is 1.99. The molecule has 1 atom stereocenters. The first-order valence-corrected chi connectivity index (χ1v) is 7.25. The van der Waals surface area contributed by atoms with Gasteiger partial charge in [0.15, 0.2) is 0 Å². The molecule has 0 spiro atoms. The number of rotatable bonds is 5. The normalized spacial score (nSPS) is 24.2. The third kappa shape index (κ3) is 2.14. The molecule has 0 saturated heterocycles. The van der Waals surface area contributed by atoms with Crippen molar-refractivity contribution < 1.29 is 4.74 Å². The molecule has 3 rings (SSSR count). The highest BCUT2D eigenvalue weighted by molar-refractivity contribution is 5.39. The van der Waals surface area contributed by atoms with Crippen LogP contribution in [0.3, 0.4) is 0 Å². The molecule has 1 fully saturated rings. The van der Waals surface area contributed by atoms with Gasteiger partial charge in [-0.3, -0.25) is 0 Å². The number of nitrogens with one attached hydrogen (secondary N) is 1. The molecule has 1 N–H and O–H groups in total. The summed E-state index contributed by atoms with van der Waals surface area (Å²) < 4.78 is 5.72. The quantitative estimate of drug-likeness (QED) is 0.859. The molecule has 0 bridgehead atoms. The van der Waals surface area contributed by atoms with Crippen LogP contribution in [0.5, 0.6) is 5.75 Å². The summed E-state index contributed by atoms with van der Waals surface area (Å²) in [5.74, 6) is 1.62. The lowest BCUT2D eigenvalue weighted by molar-refractivity contribution is 0.123. The Morgan fingerprint density at radius 2 is 2.17 bits per heavy atom.